The number of hydrogen-bond acceptors (Lipinski definition) is 5. The monoisotopic (exact) mass is 446 g/mol. The van der Waals surface area contributed by atoms with E-state index in [1.807, 2.05) is 39.3 Å². The molecule has 4 rings (SSSR count). The summed E-state index contributed by atoms with van der Waals surface area (Å²) in [6, 6.07) is 8.14. The van der Waals surface area contributed by atoms with E-state index in [2.05, 4.69) is 52.2 Å². The van der Waals surface area contributed by atoms with Gasteiger partial charge in [-0.1, -0.05) is 6.92 Å². The fourth-order valence-corrected chi connectivity index (χ4v) is 4.00. The molecule has 1 saturated carbocycles. The van der Waals surface area contributed by atoms with Crippen LogP contribution in [0.15, 0.2) is 47.8 Å². The van der Waals surface area contributed by atoms with Crippen LogP contribution in [0.3, 0.4) is 0 Å². The summed E-state index contributed by atoms with van der Waals surface area (Å²) in [6.07, 6.45) is 10.6. The van der Waals surface area contributed by atoms with Gasteiger partial charge in [-0.2, -0.15) is 0 Å². The molecule has 6 nitrogen and oxygen atoms in total. The average Bonchev–Trinajstić information content (AvgIpc) is 3.50. The lowest BCUT2D eigenvalue weighted by Crippen LogP contribution is -2.15. The maximum atomic E-state index is 12.4. The number of rotatable bonds is 6. The fraction of sp³-hybridized carbons (Fsp3) is 0.320. The standard InChI is InChI=1S/C25H28N5OP/c1-15-9-19(15)25(31)29-24-12-18-10-17(21-13-26-8-7-23(21)30(3)4)11-22(20(18)14-27-24)28-16(2)32(5)6/h7-8,10-15,19H,5,9H2,1-4,6H3/p+1. The van der Waals surface area contributed by atoms with Gasteiger partial charge in [0.25, 0.3) is 0 Å². The van der Waals surface area contributed by atoms with Crippen LogP contribution in [-0.4, -0.2) is 48.4 Å². The first-order valence-corrected chi connectivity index (χ1v) is 12.7. The normalized spacial score (nSPS) is 18.4. The van der Waals surface area contributed by atoms with Gasteiger partial charge in [0.15, 0.2) is 0 Å². The molecule has 0 bridgehead atoms. The molecular formula is C25H29N5OP+. The minimum absolute atomic E-state index is 0.0467. The van der Waals surface area contributed by atoms with Crippen LogP contribution in [0, 0.1) is 11.8 Å². The van der Waals surface area contributed by atoms with Crippen LogP contribution in [0.1, 0.15) is 20.3 Å². The van der Waals surface area contributed by atoms with Crippen molar-refractivity contribution in [3.05, 3.63) is 42.9 Å². The molecule has 0 aliphatic heterocycles. The van der Waals surface area contributed by atoms with Crippen LogP contribution in [-0.2, 0) is 4.79 Å². The number of benzene rings is 1. The third kappa shape index (κ3) is 4.56. The summed E-state index contributed by atoms with van der Waals surface area (Å²) in [5.74, 6) is 1.16. The lowest BCUT2D eigenvalue weighted by atomic mass is 10.0. The van der Waals surface area contributed by atoms with Crippen LogP contribution < -0.4 is 10.2 Å². The zero-order chi connectivity index (χ0) is 23.0. The van der Waals surface area contributed by atoms with Crippen LogP contribution in [0.25, 0.3) is 21.9 Å². The molecule has 1 aliphatic rings. The number of nitrogens with one attached hydrogen (secondary N) is 1. The number of pyridine rings is 2. The molecule has 32 heavy (non-hydrogen) atoms. The van der Waals surface area contributed by atoms with Crippen molar-refractivity contribution in [1.82, 2.24) is 9.97 Å². The largest absolute Gasteiger partial charge is 0.377 e. The van der Waals surface area contributed by atoms with Crippen molar-refractivity contribution in [1.29, 1.82) is 0 Å². The van der Waals surface area contributed by atoms with Crippen LogP contribution in [0.5, 0.6) is 0 Å². The Labute approximate surface area is 190 Å². The lowest BCUT2D eigenvalue weighted by Gasteiger charge is -2.18. The van der Waals surface area contributed by atoms with Gasteiger partial charge in [0.1, 0.15) is 20.0 Å². The molecule has 3 aromatic rings. The van der Waals surface area contributed by atoms with E-state index in [1.165, 1.54) is 0 Å². The molecule has 0 saturated heterocycles. The minimum Gasteiger partial charge on any atom is -0.377 e. The number of anilines is 2. The van der Waals surface area contributed by atoms with Crippen molar-refractivity contribution in [2.45, 2.75) is 20.3 Å². The minimum atomic E-state index is -0.542. The van der Waals surface area contributed by atoms with Gasteiger partial charge in [-0.3, -0.25) is 9.78 Å². The predicted molar refractivity (Wildman–Crippen MR) is 138 cm³/mol. The number of amides is 1. The fourth-order valence-electron chi connectivity index (χ4n) is 3.72. The summed E-state index contributed by atoms with van der Waals surface area (Å²) < 4.78 is 0. The maximum absolute atomic E-state index is 12.4. The number of carbonyl (C=O) groups is 1. The number of aliphatic imine (C=N–C) groups is 1. The second-order valence-corrected chi connectivity index (χ2v) is 10.8. The molecule has 1 aliphatic carbocycles. The van der Waals surface area contributed by atoms with E-state index in [1.54, 1.807) is 12.4 Å². The zero-order valence-corrected chi connectivity index (χ0v) is 20.1. The number of nitrogens with zero attached hydrogens (tertiary/aromatic N) is 4. The predicted octanol–water partition coefficient (Wildman–Crippen LogP) is 5.55. The highest BCUT2D eigenvalue weighted by Gasteiger charge is 2.39. The second-order valence-electron chi connectivity index (χ2n) is 8.74. The maximum Gasteiger partial charge on any atom is 0.228 e. The molecule has 1 N–H and O–H groups in total. The molecule has 164 valence electrons. The quantitative estimate of drug-likeness (QED) is 0.398. The molecule has 1 fully saturated rings. The SMILES string of the molecule is C=[P+](C)C(C)=Nc1cc(-c2cnccc2N(C)C)cc2cc(NC(=O)C3CC3C)ncc12. The highest BCUT2D eigenvalue weighted by atomic mass is 31.1. The Kier molecular flexibility index (Phi) is 6.07. The number of aromatic nitrogens is 2. The molecule has 0 radical (unpaired) electrons. The van der Waals surface area contributed by atoms with Gasteiger partial charge in [0.2, 0.25) is 11.4 Å². The van der Waals surface area contributed by atoms with Crippen molar-refractivity contribution in [3.63, 3.8) is 0 Å². The highest BCUT2D eigenvalue weighted by Crippen LogP contribution is 2.40. The van der Waals surface area contributed by atoms with Gasteiger partial charge in [-0.15, -0.1) is 0 Å². The van der Waals surface area contributed by atoms with Crippen molar-refractivity contribution in [2.24, 2.45) is 16.8 Å². The summed E-state index contributed by atoms with van der Waals surface area (Å²) in [5.41, 5.74) is 4.98. The van der Waals surface area contributed by atoms with Crippen LogP contribution in [0.4, 0.5) is 17.2 Å². The lowest BCUT2D eigenvalue weighted by molar-refractivity contribution is -0.117. The summed E-state index contributed by atoms with van der Waals surface area (Å²) >= 11 is 0. The molecule has 1 aromatic carbocycles. The topological polar surface area (TPSA) is 70.5 Å². The van der Waals surface area contributed by atoms with E-state index < -0.39 is 7.55 Å². The van der Waals surface area contributed by atoms with Gasteiger partial charge in [-0.25, -0.2) is 9.98 Å². The molecule has 7 heteroatoms. The summed E-state index contributed by atoms with van der Waals surface area (Å²) in [5, 5.41) is 4.90. The van der Waals surface area contributed by atoms with Crippen molar-refractivity contribution in [2.75, 3.05) is 31.0 Å². The highest BCUT2D eigenvalue weighted by molar-refractivity contribution is 7.72. The van der Waals surface area contributed by atoms with Gasteiger partial charge >= 0.3 is 0 Å². The first-order chi connectivity index (χ1) is 15.2. The third-order valence-electron chi connectivity index (χ3n) is 5.94. The van der Waals surface area contributed by atoms with Crippen molar-refractivity contribution in [3.8, 4) is 11.1 Å². The first kappa shape index (κ1) is 22.1. The van der Waals surface area contributed by atoms with E-state index in [4.69, 9.17) is 4.99 Å². The Morgan fingerprint density at radius 2 is 2.03 bits per heavy atom. The van der Waals surface area contributed by atoms with Gasteiger partial charge in [0, 0.05) is 62.2 Å². The molecular weight excluding hydrogens is 417 g/mol. The van der Waals surface area contributed by atoms with E-state index in [0.717, 1.165) is 45.1 Å². The second kappa shape index (κ2) is 8.79. The Bertz CT molecular complexity index is 1250. The van der Waals surface area contributed by atoms with Crippen molar-refractivity contribution >= 4 is 53.2 Å². The number of carbonyl (C=O) groups excluding carboxylic acids is 1. The first-order valence-electron chi connectivity index (χ1n) is 10.7. The summed E-state index contributed by atoms with van der Waals surface area (Å²) in [7, 11) is 3.50. The van der Waals surface area contributed by atoms with E-state index in [-0.39, 0.29) is 11.8 Å². The van der Waals surface area contributed by atoms with Crippen LogP contribution in [0.2, 0.25) is 0 Å². The Hall–Kier alpha value is -3.11. The number of hydrogen-bond donors (Lipinski definition) is 1. The van der Waals surface area contributed by atoms with Gasteiger partial charge in [-0.05, 0) is 47.6 Å². The summed E-state index contributed by atoms with van der Waals surface area (Å²) in [6.45, 7) is 6.21. The number of fused-ring (bicyclic) bond motifs is 1. The molecule has 3 atom stereocenters. The molecule has 2 heterocycles. The molecule has 1 amide bonds. The Balaban J connectivity index is 1.86. The zero-order valence-electron chi connectivity index (χ0n) is 19.3. The van der Waals surface area contributed by atoms with E-state index >= 15 is 0 Å². The summed E-state index contributed by atoms with van der Waals surface area (Å²) in [4.78, 5) is 28.3. The Morgan fingerprint density at radius 1 is 1.28 bits per heavy atom. The van der Waals surface area contributed by atoms with Crippen molar-refractivity contribution < 1.29 is 4.79 Å². The van der Waals surface area contributed by atoms with E-state index in [0.29, 0.717) is 11.7 Å². The van der Waals surface area contributed by atoms with Crippen LogP contribution >= 0.6 is 7.55 Å². The molecule has 3 unspecified atom stereocenters. The van der Waals surface area contributed by atoms with Gasteiger partial charge in [0.05, 0.1) is 12.0 Å². The smallest absolute Gasteiger partial charge is 0.228 e. The Morgan fingerprint density at radius 3 is 2.69 bits per heavy atom. The molecule has 2 aromatic heterocycles. The molecule has 0 spiro atoms. The van der Waals surface area contributed by atoms with E-state index in [9.17, 15) is 4.79 Å². The average molecular weight is 447 g/mol. The third-order valence-corrected chi connectivity index (χ3v) is 7.14. The van der Waals surface area contributed by atoms with Gasteiger partial charge < -0.3 is 10.2 Å².